The highest BCUT2D eigenvalue weighted by molar-refractivity contribution is 7.18. The Kier molecular flexibility index (Phi) is 3.64. The molecule has 2 fully saturated rings. The number of amides is 1. The number of carbonyl (C=O) groups excluding carboxylic acids is 1. The van der Waals surface area contributed by atoms with E-state index in [4.69, 9.17) is 5.73 Å². The third-order valence-corrected chi connectivity index (χ3v) is 6.07. The molecule has 1 aromatic heterocycles. The zero-order chi connectivity index (χ0) is 15.2. The Balaban J connectivity index is 1.92. The topological polar surface area (TPSA) is 58.4 Å². The normalized spacial score (nSPS) is 21.4. The van der Waals surface area contributed by atoms with Crippen LogP contribution >= 0.6 is 11.3 Å². The number of carbonyl (C=O) groups is 1. The second kappa shape index (κ2) is 5.20. The molecule has 21 heavy (non-hydrogen) atoms. The summed E-state index contributed by atoms with van der Waals surface area (Å²) < 4.78 is 0. The first-order valence-electron chi connectivity index (χ1n) is 7.82. The molecule has 0 bridgehead atoms. The molecule has 0 atom stereocenters. The van der Waals surface area contributed by atoms with Crippen LogP contribution in [0.25, 0.3) is 0 Å². The number of nitrogens with two attached hydrogens (primary N) is 1. The Hall–Kier alpha value is -1.23. The summed E-state index contributed by atoms with van der Waals surface area (Å²) in [6.45, 7) is 6.81. The van der Waals surface area contributed by atoms with Crippen molar-refractivity contribution in [2.45, 2.75) is 45.4 Å². The fraction of sp³-hybridized carbons (Fsp3) is 0.688. The van der Waals surface area contributed by atoms with E-state index < -0.39 is 0 Å². The molecule has 1 saturated heterocycles. The van der Waals surface area contributed by atoms with Gasteiger partial charge in [0.05, 0.1) is 10.7 Å². The number of hydrogen-bond acceptors (Lipinski definition) is 4. The Morgan fingerprint density at radius 3 is 2.48 bits per heavy atom. The van der Waals surface area contributed by atoms with E-state index in [-0.39, 0.29) is 5.91 Å². The van der Waals surface area contributed by atoms with Crippen molar-refractivity contribution in [1.82, 2.24) is 5.32 Å². The van der Waals surface area contributed by atoms with Gasteiger partial charge in [-0.25, -0.2) is 0 Å². The first-order valence-corrected chi connectivity index (χ1v) is 8.64. The molecule has 116 valence electrons. The zero-order valence-corrected chi connectivity index (χ0v) is 14.0. The van der Waals surface area contributed by atoms with Gasteiger partial charge >= 0.3 is 0 Å². The fourth-order valence-corrected chi connectivity index (χ4v) is 4.35. The van der Waals surface area contributed by atoms with E-state index >= 15 is 0 Å². The molecule has 0 unspecified atom stereocenters. The van der Waals surface area contributed by atoms with Gasteiger partial charge in [0, 0.05) is 25.7 Å². The van der Waals surface area contributed by atoms with E-state index in [1.165, 1.54) is 36.2 Å². The smallest absolute Gasteiger partial charge is 0.263 e. The minimum absolute atomic E-state index is 0.0528. The van der Waals surface area contributed by atoms with Crippen LogP contribution in [0.5, 0.6) is 0 Å². The summed E-state index contributed by atoms with van der Waals surface area (Å²) in [4.78, 5) is 15.2. The highest BCUT2D eigenvalue weighted by Gasteiger charge is 2.36. The van der Waals surface area contributed by atoms with Crippen molar-refractivity contribution in [3.05, 3.63) is 10.4 Å². The molecular weight excluding hydrogens is 282 g/mol. The van der Waals surface area contributed by atoms with Crippen LogP contribution in [0.2, 0.25) is 0 Å². The number of anilines is 2. The quantitative estimate of drug-likeness (QED) is 0.901. The summed E-state index contributed by atoms with van der Waals surface area (Å²) in [6.07, 6.45) is 4.81. The van der Waals surface area contributed by atoms with Crippen molar-refractivity contribution in [1.29, 1.82) is 0 Å². The van der Waals surface area contributed by atoms with Crippen LogP contribution in [0.3, 0.4) is 0 Å². The molecule has 2 heterocycles. The lowest BCUT2D eigenvalue weighted by atomic mass is 9.83. The van der Waals surface area contributed by atoms with Gasteiger partial charge in [0.2, 0.25) is 0 Å². The van der Waals surface area contributed by atoms with E-state index in [1.807, 2.05) is 0 Å². The molecule has 5 heteroatoms. The third kappa shape index (κ3) is 2.76. The summed E-state index contributed by atoms with van der Waals surface area (Å²) in [7, 11) is 1.67. The summed E-state index contributed by atoms with van der Waals surface area (Å²) in [5.74, 6) is 0.521. The molecule has 3 rings (SSSR count). The molecule has 2 aliphatic rings. The second-order valence-electron chi connectivity index (χ2n) is 7.07. The van der Waals surface area contributed by atoms with Gasteiger partial charge in [0.15, 0.2) is 0 Å². The van der Waals surface area contributed by atoms with Crippen LogP contribution in [0.1, 0.15) is 60.7 Å². The Morgan fingerprint density at radius 1 is 1.33 bits per heavy atom. The lowest BCUT2D eigenvalue weighted by Crippen LogP contribution is -2.37. The van der Waals surface area contributed by atoms with E-state index in [2.05, 4.69) is 24.1 Å². The van der Waals surface area contributed by atoms with Crippen molar-refractivity contribution in [3.8, 4) is 0 Å². The van der Waals surface area contributed by atoms with E-state index in [0.717, 1.165) is 18.8 Å². The molecule has 1 aliphatic heterocycles. The van der Waals surface area contributed by atoms with Gasteiger partial charge in [-0.1, -0.05) is 13.8 Å². The van der Waals surface area contributed by atoms with Crippen LogP contribution in [0, 0.1) is 5.41 Å². The van der Waals surface area contributed by atoms with Crippen molar-refractivity contribution in [3.63, 3.8) is 0 Å². The summed E-state index contributed by atoms with van der Waals surface area (Å²) in [6, 6.07) is 0. The predicted octanol–water partition coefficient (Wildman–Crippen LogP) is 3.19. The number of nitrogens with zero attached hydrogens (tertiary/aromatic N) is 1. The molecule has 1 saturated carbocycles. The lowest BCUT2D eigenvalue weighted by Gasteiger charge is -2.38. The maximum atomic E-state index is 12.0. The Labute approximate surface area is 130 Å². The number of nitrogens with one attached hydrogen (secondary N) is 1. The maximum absolute atomic E-state index is 12.0. The molecule has 1 aliphatic carbocycles. The van der Waals surface area contributed by atoms with Crippen molar-refractivity contribution >= 4 is 27.9 Å². The highest BCUT2D eigenvalue weighted by Crippen LogP contribution is 2.52. The van der Waals surface area contributed by atoms with Crippen LogP contribution in [-0.4, -0.2) is 26.0 Å². The van der Waals surface area contributed by atoms with Crippen LogP contribution < -0.4 is 16.0 Å². The lowest BCUT2D eigenvalue weighted by molar-refractivity contribution is 0.0968. The van der Waals surface area contributed by atoms with Crippen LogP contribution in [-0.2, 0) is 0 Å². The fourth-order valence-electron chi connectivity index (χ4n) is 3.04. The summed E-state index contributed by atoms with van der Waals surface area (Å²) in [5, 5.41) is 3.96. The average Bonchev–Trinajstić information content (AvgIpc) is 3.22. The molecule has 0 spiro atoms. The number of nitrogen functional groups attached to an aromatic ring is 1. The Morgan fingerprint density at radius 2 is 1.95 bits per heavy atom. The summed E-state index contributed by atoms with van der Waals surface area (Å²) >= 11 is 1.58. The van der Waals surface area contributed by atoms with Crippen molar-refractivity contribution in [2.75, 3.05) is 30.8 Å². The van der Waals surface area contributed by atoms with Gasteiger partial charge in [0.25, 0.3) is 5.91 Å². The molecule has 1 amide bonds. The average molecular weight is 307 g/mol. The predicted molar refractivity (Wildman–Crippen MR) is 89.3 cm³/mol. The van der Waals surface area contributed by atoms with Gasteiger partial charge in [-0.2, -0.15) is 0 Å². The maximum Gasteiger partial charge on any atom is 0.263 e. The van der Waals surface area contributed by atoms with E-state index in [0.29, 0.717) is 16.2 Å². The van der Waals surface area contributed by atoms with Crippen LogP contribution in [0.4, 0.5) is 10.7 Å². The van der Waals surface area contributed by atoms with E-state index in [9.17, 15) is 4.79 Å². The van der Waals surface area contributed by atoms with Gasteiger partial charge in [0.1, 0.15) is 4.88 Å². The SMILES string of the molecule is CNC(=O)c1sc(N2CCC(C)(C)CC2)c(C2CC2)c1N. The minimum Gasteiger partial charge on any atom is -0.397 e. The molecule has 4 nitrogen and oxygen atoms in total. The third-order valence-electron chi connectivity index (χ3n) is 4.79. The number of hydrogen-bond donors (Lipinski definition) is 2. The largest absolute Gasteiger partial charge is 0.397 e. The molecule has 0 aromatic carbocycles. The number of piperidine rings is 1. The molecule has 3 N–H and O–H groups in total. The van der Waals surface area contributed by atoms with Gasteiger partial charge < -0.3 is 16.0 Å². The Bertz CT molecular complexity index is 550. The minimum atomic E-state index is -0.0528. The van der Waals surface area contributed by atoms with Crippen LogP contribution in [0.15, 0.2) is 0 Å². The molecular formula is C16H25N3OS. The molecule has 1 aromatic rings. The zero-order valence-electron chi connectivity index (χ0n) is 13.2. The monoisotopic (exact) mass is 307 g/mol. The standard InChI is InChI=1S/C16H25N3OS/c1-16(2)6-8-19(9-7-16)15-11(10-4-5-10)12(17)13(21-15)14(20)18-3/h10H,4-9,17H2,1-3H3,(H,18,20). The van der Waals surface area contributed by atoms with Gasteiger partial charge in [-0.15, -0.1) is 11.3 Å². The van der Waals surface area contributed by atoms with Gasteiger partial charge in [-0.3, -0.25) is 4.79 Å². The molecule has 0 radical (unpaired) electrons. The van der Waals surface area contributed by atoms with Crippen molar-refractivity contribution < 1.29 is 4.79 Å². The van der Waals surface area contributed by atoms with Crippen molar-refractivity contribution in [2.24, 2.45) is 5.41 Å². The second-order valence-corrected chi connectivity index (χ2v) is 8.07. The first-order chi connectivity index (χ1) is 9.93. The first kappa shape index (κ1) is 14.7. The number of thiophene rings is 1. The highest BCUT2D eigenvalue weighted by atomic mass is 32.1. The van der Waals surface area contributed by atoms with Gasteiger partial charge in [-0.05, 0) is 37.0 Å². The van der Waals surface area contributed by atoms with E-state index in [1.54, 1.807) is 18.4 Å². The summed E-state index contributed by atoms with van der Waals surface area (Å²) in [5.41, 5.74) is 8.71. The number of rotatable bonds is 3.